The van der Waals surface area contributed by atoms with Crippen molar-refractivity contribution in [3.8, 4) is 5.75 Å². The summed E-state index contributed by atoms with van der Waals surface area (Å²) in [7, 11) is -1.33. The van der Waals surface area contributed by atoms with E-state index < -0.39 is 14.6 Å². The Morgan fingerprint density at radius 3 is 2.42 bits per heavy atom. The molecule has 0 radical (unpaired) electrons. The van der Waals surface area contributed by atoms with Gasteiger partial charge in [0.05, 0.1) is 17.1 Å². The third-order valence-corrected chi connectivity index (χ3v) is 8.90. The SMILES string of the molecule is CCOc1ccc(C2(CNC(=NC)N3CCS(=O)(=O)C(C)(C)C3)CCOCC2)cc1.I. The molecule has 0 saturated carbocycles. The number of aliphatic imine (C=N–C) groups is 1. The highest BCUT2D eigenvalue weighted by atomic mass is 127. The minimum Gasteiger partial charge on any atom is -0.494 e. The van der Waals surface area contributed by atoms with Gasteiger partial charge in [-0.3, -0.25) is 4.99 Å². The zero-order valence-electron chi connectivity index (χ0n) is 19.0. The Balaban J connectivity index is 0.00000341. The van der Waals surface area contributed by atoms with Crippen LogP contribution in [0.4, 0.5) is 0 Å². The molecule has 3 rings (SSSR count). The van der Waals surface area contributed by atoms with E-state index >= 15 is 0 Å². The fraction of sp³-hybridized carbons (Fsp3) is 0.682. The molecule has 2 aliphatic heterocycles. The van der Waals surface area contributed by atoms with Crippen LogP contribution in [-0.2, 0) is 20.0 Å². The number of hydrogen-bond acceptors (Lipinski definition) is 5. The van der Waals surface area contributed by atoms with Crippen molar-refractivity contribution in [2.45, 2.75) is 43.8 Å². The molecule has 2 heterocycles. The molecule has 7 nitrogen and oxygen atoms in total. The van der Waals surface area contributed by atoms with Crippen LogP contribution in [0.5, 0.6) is 5.75 Å². The number of nitrogens with zero attached hydrogens (tertiary/aromatic N) is 2. The van der Waals surface area contributed by atoms with Crippen LogP contribution in [-0.4, -0.2) is 76.3 Å². The Morgan fingerprint density at radius 1 is 1.23 bits per heavy atom. The van der Waals surface area contributed by atoms with Crippen LogP contribution in [0.25, 0.3) is 0 Å². The van der Waals surface area contributed by atoms with Gasteiger partial charge >= 0.3 is 0 Å². The first-order chi connectivity index (χ1) is 14.2. The molecule has 1 aromatic rings. The number of rotatable bonds is 5. The number of halogens is 1. The van der Waals surface area contributed by atoms with Crippen molar-refractivity contribution >= 4 is 39.8 Å². The first kappa shape index (κ1) is 26.2. The molecule has 0 aromatic heterocycles. The number of benzene rings is 1. The molecular weight excluding hydrogens is 529 g/mol. The van der Waals surface area contributed by atoms with Crippen molar-refractivity contribution in [2.24, 2.45) is 4.99 Å². The first-order valence-corrected chi connectivity index (χ1v) is 12.4. The molecule has 2 fully saturated rings. The minimum absolute atomic E-state index is 0. The zero-order valence-corrected chi connectivity index (χ0v) is 22.2. The fourth-order valence-corrected chi connectivity index (χ4v) is 5.67. The summed E-state index contributed by atoms with van der Waals surface area (Å²) in [5.41, 5.74) is 1.20. The summed E-state index contributed by atoms with van der Waals surface area (Å²) < 4.78 is 35.2. The van der Waals surface area contributed by atoms with Gasteiger partial charge in [-0.2, -0.15) is 0 Å². The van der Waals surface area contributed by atoms with E-state index in [0.717, 1.165) is 44.3 Å². The largest absolute Gasteiger partial charge is 0.494 e. The number of ether oxygens (including phenoxy) is 2. The Labute approximate surface area is 203 Å². The summed E-state index contributed by atoms with van der Waals surface area (Å²) in [5, 5.41) is 3.55. The molecule has 9 heteroatoms. The van der Waals surface area contributed by atoms with Gasteiger partial charge < -0.3 is 19.7 Å². The molecular formula is C22H36IN3O4S. The highest BCUT2D eigenvalue weighted by Crippen LogP contribution is 2.35. The predicted octanol–water partition coefficient (Wildman–Crippen LogP) is 2.84. The second kappa shape index (κ2) is 10.7. The van der Waals surface area contributed by atoms with Crippen LogP contribution < -0.4 is 10.1 Å². The van der Waals surface area contributed by atoms with E-state index in [1.165, 1.54) is 5.56 Å². The highest BCUT2D eigenvalue weighted by molar-refractivity contribution is 14.0. The smallest absolute Gasteiger partial charge is 0.193 e. The van der Waals surface area contributed by atoms with Crippen molar-refractivity contribution in [3.05, 3.63) is 29.8 Å². The monoisotopic (exact) mass is 565 g/mol. The van der Waals surface area contributed by atoms with Crippen molar-refractivity contribution in [1.82, 2.24) is 10.2 Å². The number of hydrogen-bond donors (Lipinski definition) is 1. The summed E-state index contributed by atoms with van der Waals surface area (Å²) in [6.07, 6.45) is 1.84. The molecule has 2 aliphatic rings. The van der Waals surface area contributed by atoms with Gasteiger partial charge in [-0.1, -0.05) is 12.1 Å². The Bertz CT molecular complexity index is 850. The summed E-state index contributed by atoms with van der Waals surface area (Å²) in [6, 6.07) is 8.36. The normalized spacial score (nSPS) is 22.3. The first-order valence-electron chi connectivity index (χ1n) is 10.7. The molecule has 0 amide bonds. The van der Waals surface area contributed by atoms with Gasteiger partial charge in [0.25, 0.3) is 0 Å². The van der Waals surface area contributed by atoms with Crippen LogP contribution in [0.1, 0.15) is 39.2 Å². The molecule has 0 aliphatic carbocycles. The van der Waals surface area contributed by atoms with Gasteiger partial charge in [-0.15, -0.1) is 24.0 Å². The molecule has 2 saturated heterocycles. The third-order valence-electron chi connectivity index (χ3n) is 6.37. The molecule has 1 aromatic carbocycles. The van der Waals surface area contributed by atoms with Crippen LogP contribution in [0.15, 0.2) is 29.3 Å². The van der Waals surface area contributed by atoms with E-state index in [4.69, 9.17) is 9.47 Å². The van der Waals surface area contributed by atoms with E-state index in [0.29, 0.717) is 19.7 Å². The maximum atomic E-state index is 12.4. The summed E-state index contributed by atoms with van der Waals surface area (Å²) in [5.74, 6) is 1.79. The van der Waals surface area contributed by atoms with Crippen LogP contribution >= 0.6 is 24.0 Å². The summed E-state index contributed by atoms with van der Waals surface area (Å²) >= 11 is 0. The van der Waals surface area contributed by atoms with Crippen molar-refractivity contribution in [3.63, 3.8) is 0 Å². The van der Waals surface area contributed by atoms with Crippen molar-refractivity contribution in [1.29, 1.82) is 0 Å². The lowest BCUT2D eigenvalue weighted by molar-refractivity contribution is 0.0511. The number of guanidine groups is 1. The lowest BCUT2D eigenvalue weighted by Gasteiger charge is -2.42. The topological polar surface area (TPSA) is 80.2 Å². The molecule has 0 spiro atoms. The lowest BCUT2D eigenvalue weighted by Crippen LogP contribution is -2.58. The maximum Gasteiger partial charge on any atom is 0.193 e. The molecule has 31 heavy (non-hydrogen) atoms. The Hall–Kier alpha value is -1.07. The van der Waals surface area contributed by atoms with Gasteiger partial charge in [0.1, 0.15) is 5.75 Å². The van der Waals surface area contributed by atoms with Crippen LogP contribution in [0.2, 0.25) is 0 Å². The number of nitrogens with one attached hydrogen (secondary N) is 1. The van der Waals surface area contributed by atoms with Gasteiger partial charge in [-0.25, -0.2) is 8.42 Å². The molecule has 176 valence electrons. The van der Waals surface area contributed by atoms with E-state index in [2.05, 4.69) is 27.3 Å². The maximum absolute atomic E-state index is 12.4. The summed E-state index contributed by atoms with van der Waals surface area (Å²) in [6.45, 7) is 9.29. The standard InChI is InChI=1S/C22H35N3O4S.HI/c1-5-29-19-8-6-18(7-9-19)22(10-13-28-14-11-22)16-24-20(23-4)25-12-15-30(26,27)21(2,3)17-25;/h6-9H,5,10-17H2,1-4H3,(H,23,24);1H. The van der Waals surface area contributed by atoms with Gasteiger partial charge in [0.2, 0.25) is 0 Å². The Kier molecular flexibility index (Phi) is 9.04. The average molecular weight is 566 g/mol. The van der Waals surface area contributed by atoms with E-state index in [9.17, 15) is 8.42 Å². The molecule has 0 bridgehead atoms. The van der Waals surface area contributed by atoms with Crippen LogP contribution in [0, 0.1) is 0 Å². The Morgan fingerprint density at radius 2 is 1.87 bits per heavy atom. The van der Waals surface area contributed by atoms with E-state index in [-0.39, 0.29) is 35.1 Å². The second-order valence-corrected chi connectivity index (χ2v) is 11.5. The zero-order chi connectivity index (χ0) is 21.8. The van der Waals surface area contributed by atoms with Gasteiger partial charge in [-0.05, 0) is 51.3 Å². The minimum atomic E-state index is -3.09. The van der Waals surface area contributed by atoms with Crippen molar-refractivity contribution < 1.29 is 17.9 Å². The summed E-state index contributed by atoms with van der Waals surface area (Å²) in [4.78, 5) is 6.52. The quantitative estimate of drug-likeness (QED) is 0.336. The average Bonchev–Trinajstić information content (AvgIpc) is 2.72. The van der Waals surface area contributed by atoms with Gasteiger partial charge in [0, 0.05) is 45.3 Å². The van der Waals surface area contributed by atoms with E-state index in [1.807, 2.05) is 19.1 Å². The predicted molar refractivity (Wildman–Crippen MR) is 136 cm³/mol. The van der Waals surface area contributed by atoms with E-state index in [1.54, 1.807) is 20.9 Å². The van der Waals surface area contributed by atoms with Crippen LogP contribution in [0.3, 0.4) is 0 Å². The molecule has 0 unspecified atom stereocenters. The fourth-order valence-electron chi connectivity index (χ4n) is 4.31. The van der Waals surface area contributed by atoms with Crippen molar-refractivity contribution in [2.75, 3.05) is 52.3 Å². The third kappa shape index (κ3) is 5.84. The number of sulfone groups is 1. The highest BCUT2D eigenvalue weighted by Gasteiger charge is 2.41. The molecule has 0 atom stereocenters. The second-order valence-electron chi connectivity index (χ2n) is 8.75. The van der Waals surface area contributed by atoms with Gasteiger partial charge in [0.15, 0.2) is 15.8 Å². The lowest BCUT2D eigenvalue weighted by atomic mass is 9.74. The molecule has 1 N–H and O–H groups in total.